The third-order valence-electron chi connectivity index (χ3n) is 2.90. The molecule has 1 N–H and O–H groups in total. The Morgan fingerprint density at radius 1 is 1.00 bits per heavy atom. The highest BCUT2D eigenvalue weighted by molar-refractivity contribution is 5.80. The molecule has 0 aliphatic rings. The van der Waals surface area contributed by atoms with Crippen LogP contribution in [0.3, 0.4) is 0 Å². The molecule has 3 rings (SSSR count). The van der Waals surface area contributed by atoms with E-state index < -0.39 is 0 Å². The molecule has 0 atom stereocenters. The van der Waals surface area contributed by atoms with Gasteiger partial charge >= 0.3 is 0 Å². The highest BCUT2D eigenvalue weighted by Crippen LogP contribution is 2.15. The van der Waals surface area contributed by atoms with E-state index in [9.17, 15) is 4.39 Å². The normalized spacial score (nSPS) is 10.8. The number of halogens is 1. The second-order valence-electron chi connectivity index (χ2n) is 4.42. The number of nitrogens with zero attached hydrogens (tertiary/aromatic N) is 4. The second-order valence-corrected chi connectivity index (χ2v) is 4.42. The zero-order valence-corrected chi connectivity index (χ0v) is 11.5. The predicted octanol–water partition coefficient (Wildman–Crippen LogP) is 3.12. The van der Waals surface area contributed by atoms with Gasteiger partial charge in [-0.15, -0.1) is 5.10 Å². The average Bonchev–Trinajstić information content (AvgIpc) is 2.58. The van der Waals surface area contributed by atoms with Gasteiger partial charge in [-0.3, -0.25) is 0 Å². The minimum absolute atomic E-state index is 0.244. The Morgan fingerprint density at radius 3 is 2.59 bits per heavy atom. The van der Waals surface area contributed by atoms with Gasteiger partial charge in [0.15, 0.2) is 0 Å². The molecule has 0 aliphatic heterocycles. The van der Waals surface area contributed by atoms with Crippen molar-refractivity contribution < 1.29 is 4.39 Å². The highest BCUT2D eigenvalue weighted by Gasteiger charge is 2.02. The first-order valence-corrected chi connectivity index (χ1v) is 6.62. The molecule has 0 aliphatic carbocycles. The van der Waals surface area contributed by atoms with Crippen LogP contribution in [0.1, 0.15) is 5.56 Å². The van der Waals surface area contributed by atoms with Gasteiger partial charge in [0.2, 0.25) is 0 Å². The van der Waals surface area contributed by atoms with Gasteiger partial charge in [-0.05, 0) is 6.07 Å². The molecule has 0 saturated carbocycles. The van der Waals surface area contributed by atoms with Crippen LogP contribution in [0.15, 0.2) is 65.9 Å². The smallest absolute Gasteiger partial charge is 0.244 e. The van der Waals surface area contributed by atoms with Gasteiger partial charge < -0.3 is 0 Å². The predicted molar refractivity (Wildman–Crippen MR) is 82.9 cm³/mol. The average molecular weight is 293 g/mol. The van der Waals surface area contributed by atoms with Crippen LogP contribution in [0.25, 0.3) is 11.3 Å². The van der Waals surface area contributed by atoms with E-state index in [4.69, 9.17) is 0 Å². The fourth-order valence-electron chi connectivity index (χ4n) is 1.84. The molecule has 0 amide bonds. The summed E-state index contributed by atoms with van der Waals surface area (Å²) in [7, 11) is 0. The quantitative estimate of drug-likeness (QED) is 0.593. The number of benzene rings is 2. The third kappa shape index (κ3) is 3.29. The highest BCUT2D eigenvalue weighted by atomic mass is 19.1. The topological polar surface area (TPSA) is 63.1 Å². The molecule has 2 aromatic carbocycles. The molecule has 0 bridgehead atoms. The van der Waals surface area contributed by atoms with Crippen molar-refractivity contribution in [2.24, 2.45) is 5.10 Å². The lowest BCUT2D eigenvalue weighted by Crippen LogP contribution is -2.00. The van der Waals surface area contributed by atoms with Crippen LogP contribution in [-0.4, -0.2) is 21.4 Å². The van der Waals surface area contributed by atoms with Crippen molar-refractivity contribution in [1.29, 1.82) is 0 Å². The van der Waals surface area contributed by atoms with Crippen molar-refractivity contribution >= 4 is 12.2 Å². The van der Waals surface area contributed by atoms with Gasteiger partial charge in [-0.1, -0.05) is 48.5 Å². The molecule has 108 valence electrons. The summed E-state index contributed by atoms with van der Waals surface area (Å²) in [4.78, 5) is 4.30. The van der Waals surface area contributed by atoms with E-state index in [0.29, 0.717) is 11.3 Å². The number of anilines is 1. The summed E-state index contributed by atoms with van der Waals surface area (Å²) in [5, 5.41) is 11.6. The number of rotatable bonds is 4. The minimum atomic E-state index is -0.342. The molecular weight excluding hydrogens is 281 g/mol. The van der Waals surface area contributed by atoms with Gasteiger partial charge in [-0.25, -0.2) is 14.8 Å². The van der Waals surface area contributed by atoms with Crippen molar-refractivity contribution in [3.05, 3.63) is 72.2 Å². The maximum absolute atomic E-state index is 13.4. The van der Waals surface area contributed by atoms with E-state index in [2.05, 4.69) is 25.7 Å². The molecule has 0 radical (unpaired) electrons. The zero-order chi connectivity index (χ0) is 15.2. The van der Waals surface area contributed by atoms with E-state index >= 15 is 0 Å². The monoisotopic (exact) mass is 293 g/mol. The van der Waals surface area contributed by atoms with Crippen LogP contribution in [0.5, 0.6) is 0 Å². The van der Waals surface area contributed by atoms with E-state index in [1.807, 2.05) is 30.3 Å². The summed E-state index contributed by atoms with van der Waals surface area (Å²) in [6.07, 6.45) is 2.94. The molecule has 1 aromatic heterocycles. The Labute approximate surface area is 126 Å². The molecule has 6 heteroatoms. The first-order chi connectivity index (χ1) is 10.8. The molecule has 0 fully saturated rings. The molecular formula is C16H12FN5. The van der Waals surface area contributed by atoms with Crippen LogP contribution < -0.4 is 5.43 Å². The lowest BCUT2D eigenvalue weighted by molar-refractivity contribution is 0.626. The van der Waals surface area contributed by atoms with Crippen LogP contribution >= 0.6 is 0 Å². The Hall–Kier alpha value is -3.15. The number of hydrogen-bond acceptors (Lipinski definition) is 5. The number of aromatic nitrogens is 3. The van der Waals surface area contributed by atoms with E-state index in [-0.39, 0.29) is 11.8 Å². The van der Waals surface area contributed by atoms with Gasteiger partial charge in [0.1, 0.15) is 5.82 Å². The standard InChI is InChI=1S/C16H12FN5/c17-14-9-5-4-8-13(14)10-18-21-16-20-15(11-19-22-16)12-6-2-1-3-7-12/h1-11H,(H,20,21,22)/b18-10-. The van der Waals surface area contributed by atoms with Crippen molar-refractivity contribution in [3.8, 4) is 11.3 Å². The van der Waals surface area contributed by atoms with Gasteiger partial charge in [0.25, 0.3) is 5.95 Å². The summed E-state index contributed by atoms with van der Waals surface area (Å²) < 4.78 is 13.4. The molecule has 0 spiro atoms. The fraction of sp³-hybridized carbons (Fsp3) is 0. The molecule has 3 aromatic rings. The summed E-state index contributed by atoms with van der Waals surface area (Å²) >= 11 is 0. The third-order valence-corrected chi connectivity index (χ3v) is 2.90. The van der Waals surface area contributed by atoms with Gasteiger partial charge in [0.05, 0.1) is 18.1 Å². The molecule has 0 unspecified atom stereocenters. The van der Waals surface area contributed by atoms with Gasteiger partial charge in [-0.2, -0.15) is 10.2 Å². The SMILES string of the molecule is Fc1ccccc1/C=N\Nc1nncc(-c2ccccc2)n1. The summed E-state index contributed by atoms with van der Waals surface area (Å²) in [5.41, 5.74) is 4.63. The van der Waals surface area contributed by atoms with Gasteiger partial charge in [0, 0.05) is 11.1 Å². The molecule has 1 heterocycles. The van der Waals surface area contributed by atoms with E-state index in [0.717, 1.165) is 5.56 Å². The maximum atomic E-state index is 13.4. The zero-order valence-electron chi connectivity index (χ0n) is 11.5. The summed E-state index contributed by atoms with van der Waals surface area (Å²) in [6.45, 7) is 0. The largest absolute Gasteiger partial charge is 0.263 e. The summed E-state index contributed by atoms with van der Waals surface area (Å²) in [5.74, 6) is -0.0981. The first-order valence-electron chi connectivity index (χ1n) is 6.62. The Morgan fingerprint density at radius 2 is 1.77 bits per heavy atom. The van der Waals surface area contributed by atoms with Crippen molar-refractivity contribution in [3.63, 3.8) is 0 Å². The molecule has 22 heavy (non-hydrogen) atoms. The minimum Gasteiger partial charge on any atom is -0.244 e. The van der Waals surface area contributed by atoms with Crippen LogP contribution in [0.2, 0.25) is 0 Å². The second kappa shape index (κ2) is 6.53. The maximum Gasteiger partial charge on any atom is 0.263 e. The lowest BCUT2D eigenvalue weighted by Gasteiger charge is -2.02. The molecule has 5 nitrogen and oxygen atoms in total. The fourth-order valence-corrected chi connectivity index (χ4v) is 1.84. The first kappa shape index (κ1) is 13.8. The number of hydrogen-bond donors (Lipinski definition) is 1. The van der Waals surface area contributed by atoms with Crippen molar-refractivity contribution in [1.82, 2.24) is 15.2 Å². The van der Waals surface area contributed by atoms with Crippen molar-refractivity contribution in [2.75, 3.05) is 5.43 Å². The Balaban J connectivity index is 1.75. The number of nitrogens with one attached hydrogen (secondary N) is 1. The molecule has 0 saturated heterocycles. The van der Waals surface area contributed by atoms with Crippen LogP contribution in [-0.2, 0) is 0 Å². The Kier molecular flexibility index (Phi) is 4.10. The van der Waals surface area contributed by atoms with E-state index in [1.165, 1.54) is 12.3 Å². The lowest BCUT2D eigenvalue weighted by atomic mass is 10.2. The number of hydrazone groups is 1. The summed E-state index contributed by atoms with van der Waals surface area (Å²) in [6, 6.07) is 16.0. The van der Waals surface area contributed by atoms with E-state index in [1.54, 1.807) is 24.4 Å². The van der Waals surface area contributed by atoms with Crippen molar-refractivity contribution in [2.45, 2.75) is 0 Å². The Bertz CT molecular complexity index is 789. The van der Waals surface area contributed by atoms with Crippen LogP contribution in [0.4, 0.5) is 10.3 Å². The van der Waals surface area contributed by atoms with Crippen LogP contribution in [0, 0.1) is 5.82 Å².